The molecule has 10 nitrogen and oxygen atoms in total. The summed E-state index contributed by atoms with van der Waals surface area (Å²) in [5, 5.41) is 5.20. The number of anilines is 3. The quantitative estimate of drug-likeness (QED) is 0.472. The van der Waals surface area contributed by atoms with E-state index in [2.05, 4.69) is 15.5 Å². The van der Waals surface area contributed by atoms with Crippen LogP contribution in [-0.2, 0) is 4.74 Å². The summed E-state index contributed by atoms with van der Waals surface area (Å²) in [4.78, 5) is 39.6. The molecule has 1 fully saturated rings. The summed E-state index contributed by atoms with van der Waals surface area (Å²) in [7, 11) is 0. The third-order valence-corrected chi connectivity index (χ3v) is 6.85. The average Bonchev–Trinajstić information content (AvgIpc) is 3.02. The molecule has 0 radical (unpaired) electrons. The van der Waals surface area contributed by atoms with Gasteiger partial charge in [-0.05, 0) is 52.0 Å². The molecule has 1 saturated heterocycles. The molecule has 0 spiro atoms. The maximum absolute atomic E-state index is 13.9. The zero-order chi connectivity index (χ0) is 28.4. The molecule has 11 heteroatoms. The van der Waals surface area contributed by atoms with Crippen LogP contribution in [0.25, 0.3) is 11.3 Å². The molecule has 0 unspecified atom stereocenters. The largest absolute Gasteiger partial charge is 0.469 e. The Labute approximate surface area is 232 Å². The van der Waals surface area contributed by atoms with Crippen molar-refractivity contribution in [1.82, 2.24) is 14.9 Å². The zero-order valence-electron chi connectivity index (χ0n) is 23.0. The minimum absolute atomic E-state index is 0.0424. The van der Waals surface area contributed by atoms with Crippen molar-refractivity contribution in [3.8, 4) is 17.1 Å². The minimum atomic E-state index is -0.657. The van der Waals surface area contributed by atoms with Gasteiger partial charge in [0.2, 0.25) is 11.8 Å². The van der Waals surface area contributed by atoms with Crippen molar-refractivity contribution in [3.05, 3.63) is 59.9 Å². The van der Waals surface area contributed by atoms with Crippen LogP contribution in [0.1, 0.15) is 38.1 Å². The SMILES string of the molecule is CCN1CC(C)(C)Oc2nc(N3CCOC[C@@H]3C)nc(-c3ccc(NC(=O)Nc4ccccc4F)cc3)c2C1=O. The highest BCUT2D eigenvalue weighted by molar-refractivity contribution is 6.03. The number of ether oxygens (including phenoxy) is 2. The molecule has 3 amide bonds. The Morgan fingerprint density at radius 3 is 2.58 bits per heavy atom. The predicted molar refractivity (Wildman–Crippen MR) is 150 cm³/mol. The van der Waals surface area contributed by atoms with Crippen molar-refractivity contribution in [2.45, 2.75) is 39.3 Å². The van der Waals surface area contributed by atoms with Gasteiger partial charge in [0.25, 0.3) is 5.91 Å². The number of hydrogen-bond donors (Lipinski definition) is 2. The number of rotatable bonds is 5. The van der Waals surface area contributed by atoms with Crippen molar-refractivity contribution >= 4 is 29.3 Å². The summed E-state index contributed by atoms with van der Waals surface area (Å²) in [6, 6.07) is 12.3. The fraction of sp³-hybridized carbons (Fsp3) is 0.379. The van der Waals surface area contributed by atoms with Crippen LogP contribution in [0, 0.1) is 5.82 Å². The molecule has 5 rings (SSSR count). The second-order valence-corrected chi connectivity index (χ2v) is 10.5. The normalized spacial score (nSPS) is 18.4. The number of likely N-dealkylation sites (N-methyl/N-ethyl adjacent to an activating group) is 1. The first-order valence-electron chi connectivity index (χ1n) is 13.3. The molecule has 1 atom stereocenters. The van der Waals surface area contributed by atoms with E-state index < -0.39 is 17.4 Å². The Bertz CT molecular complexity index is 1410. The van der Waals surface area contributed by atoms with Gasteiger partial charge in [-0.15, -0.1) is 0 Å². The van der Waals surface area contributed by atoms with Crippen LogP contribution in [0.4, 0.5) is 26.5 Å². The molecule has 0 saturated carbocycles. The lowest BCUT2D eigenvalue weighted by Crippen LogP contribution is -2.44. The summed E-state index contributed by atoms with van der Waals surface area (Å²) in [5.74, 6) is -0.0224. The Balaban J connectivity index is 1.51. The number of fused-ring (bicyclic) bond motifs is 1. The van der Waals surface area contributed by atoms with E-state index in [-0.39, 0.29) is 23.5 Å². The Kier molecular flexibility index (Phi) is 7.57. The Morgan fingerprint density at radius 1 is 1.12 bits per heavy atom. The summed E-state index contributed by atoms with van der Waals surface area (Å²) in [6.45, 7) is 10.4. The number of carbonyl (C=O) groups is 2. The number of benzene rings is 2. The van der Waals surface area contributed by atoms with Gasteiger partial charge in [-0.3, -0.25) is 4.79 Å². The first-order chi connectivity index (χ1) is 19.1. The fourth-order valence-electron chi connectivity index (χ4n) is 4.85. The molecule has 210 valence electrons. The minimum Gasteiger partial charge on any atom is -0.469 e. The number of nitrogens with one attached hydrogen (secondary N) is 2. The second-order valence-electron chi connectivity index (χ2n) is 10.5. The Morgan fingerprint density at radius 2 is 1.88 bits per heavy atom. The van der Waals surface area contributed by atoms with Crippen molar-refractivity contribution < 1.29 is 23.5 Å². The lowest BCUT2D eigenvalue weighted by molar-refractivity contribution is 0.0541. The number of halogens is 1. The van der Waals surface area contributed by atoms with Crippen LogP contribution >= 0.6 is 0 Å². The molecule has 2 N–H and O–H groups in total. The molecular weight excluding hydrogens is 515 g/mol. The standard InChI is InChI=1S/C29H33FN6O4/c1-5-35-17-29(3,4)40-25-23(26(35)37)24(33-27(34-25)36-14-15-39-16-18(36)2)19-10-12-20(13-11-19)31-28(38)32-22-9-7-6-8-21(22)30/h6-13,18H,5,14-17H2,1-4H3,(H2,31,32,38)/t18-/m0/s1. The van der Waals surface area contributed by atoms with Crippen LogP contribution in [0.15, 0.2) is 48.5 Å². The number of urea groups is 1. The summed E-state index contributed by atoms with van der Waals surface area (Å²) in [6.07, 6.45) is 0. The van der Waals surface area contributed by atoms with E-state index >= 15 is 0 Å². The summed E-state index contributed by atoms with van der Waals surface area (Å²) >= 11 is 0. The molecular formula is C29H33FN6O4. The van der Waals surface area contributed by atoms with Crippen LogP contribution in [0.5, 0.6) is 5.88 Å². The first kappa shape index (κ1) is 27.3. The highest BCUT2D eigenvalue weighted by Gasteiger charge is 2.38. The smallest absolute Gasteiger partial charge is 0.323 e. The van der Waals surface area contributed by atoms with E-state index in [0.29, 0.717) is 61.3 Å². The topological polar surface area (TPSA) is 109 Å². The van der Waals surface area contributed by atoms with Gasteiger partial charge in [-0.1, -0.05) is 24.3 Å². The molecule has 3 aromatic rings. The maximum atomic E-state index is 13.9. The number of carbonyl (C=O) groups excluding carboxylic acids is 2. The van der Waals surface area contributed by atoms with Crippen molar-refractivity contribution in [2.75, 3.05) is 48.4 Å². The number of para-hydroxylation sites is 1. The van der Waals surface area contributed by atoms with E-state index in [1.807, 2.05) is 27.7 Å². The summed E-state index contributed by atoms with van der Waals surface area (Å²) in [5.41, 5.74) is 1.31. The van der Waals surface area contributed by atoms with E-state index in [1.54, 1.807) is 41.3 Å². The number of amides is 3. The molecule has 3 heterocycles. The number of morpholine rings is 1. The van der Waals surface area contributed by atoms with Crippen molar-refractivity contribution in [1.29, 1.82) is 0 Å². The van der Waals surface area contributed by atoms with Crippen LogP contribution in [0.2, 0.25) is 0 Å². The molecule has 40 heavy (non-hydrogen) atoms. The molecule has 2 aliphatic rings. The maximum Gasteiger partial charge on any atom is 0.323 e. The van der Waals surface area contributed by atoms with Crippen LogP contribution in [-0.4, -0.2) is 71.3 Å². The highest BCUT2D eigenvalue weighted by atomic mass is 19.1. The van der Waals surface area contributed by atoms with Gasteiger partial charge >= 0.3 is 6.03 Å². The second kappa shape index (κ2) is 11.1. The molecule has 0 aliphatic carbocycles. The van der Waals surface area contributed by atoms with Gasteiger partial charge in [0.05, 0.1) is 37.2 Å². The zero-order valence-corrected chi connectivity index (χ0v) is 23.0. The average molecular weight is 549 g/mol. The third-order valence-electron chi connectivity index (χ3n) is 6.85. The molecule has 2 aliphatic heterocycles. The van der Waals surface area contributed by atoms with E-state index in [9.17, 15) is 14.0 Å². The summed E-state index contributed by atoms with van der Waals surface area (Å²) < 4.78 is 25.9. The Hall–Kier alpha value is -4.25. The van der Waals surface area contributed by atoms with Gasteiger partial charge in [0.1, 0.15) is 17.0 Å². The predicted octanol–water partition coefficient (Wildman–Crippen LogP) is 4.78. The lowest BCUT2D eigenvalue weighted by atomic mass is 10.0. The highest BCUT2D eigenvalue weighted by Crippen LogP contribution is 2.36. The fourth-order valence-corrected chi connectivity index (χ4v) is 4.85. The van der Waals surface area contributed by atoms with Gasteiger partial charge < -0.3 is 29.9 Å². The third kappa shape index (κ3) is 5.69. The van der Waals surface area contributed by atoms with Gasteiger partial charge in [0, 0.05) is 24.3 Å². The first-order valence-corrected chi connectivity index (χ1v) is 13.3. The van der Waals surface area contributed by atoms with Crippen molar-refractivity contribution in [3.63, 3.8) is 0 Å². The van der Waals surface area contributed by atoms with Gasteiger partial charge in [-0.2, -0.15) is 4.98 Å². The number of nitrogens with zero attached hydrogens (tertiary/aromatic N) is 4. The molecule has 1 aromatic heterocycles. The van der Waals surface area contributed by atoms with E-state index in [0.717, 1.165) is 0 Å². The van der Waals surface area contributed by atoms with Crippen LogP contribution in [0.3, 0.4) is 0 Å². The monoisotopic (exact) mass is 548 g/mol. The van der Waals surface area contributed by atoms with Gasteiger partial charge in [0.15, 0.2) is 0 Å². The van der Waals surface area contributed by atoms with E-state index in [4.69, 9.17) is 19.4 Å². The lowest BCUT2D eigenvalue weighted by Gasteiger charge is -2.34. The molecule has 0 bridgehead atoms. The number of hydrogen-bond acceptors (Lipinski definition) is 7. The van der Waals surface area contributed by atoms with E-state index in [1.165, 1.54) is 12.1 Å². The van der Waals surface area contributed by atoms with Crippen LogP contribution < -0.4 is 20.3 Å². The van der Waals surface area contributed by atoms with Crippen molar-refractivity contribution in [2.24, 2.45) is 0 Å². The van der Waals surface area contributed by atoms with Gasteiger partial charge in [-0.25, -0.2) is 14.2 Å². The number of aromatic nitrogens is 2. The molecule has 2 aromatic carbocycles.